The van der Waals surface area contributed by atoms with Crippen LogP contribution >= 0.6 is 11.6 Å². The quantitative estimate of drug-likeness (QED) is 0.598. The number of fused-ring (bicyclic) bond motifs is 3. The molecule has 1 aromatic carbocycles. The molecule has 1 atom stereocenters. The Hall–Kier alpha value is -2.81. The number of halogens is 4. The zero-order chi connectivity index (χ0) is 21.5. The van der Waals surface area contributed by atoms with E-state index in [9.17, 15) is 18.0 Å². The van der Waals surface area contributed by atoms with Gasteiger partial charge in [-0.2, -0.15) is 13.2 Å². The number of rotatable bonds is 4. The molecule has 1 aliphatic heterocycles. The van der Waals surface area contributed by atoms with Crippen LogP contribution in [0.4, 0.5) is 19.1 Å². The third kappa shape index (κ3) is 3.81. The summed E-state index contributed by atoms with van der Waals surface area (Å²) in [5.74, 6) is -0.423. The van der Waals surface area contributed by atoms with E-state index in [1.165, 1.54) is 7.11 Å². The van der Waals surface area contributed by atoms with Gasteiger partial charge >= 0.3 is 12.1 Å². The van der Waals surface area contributed by atoms with Crippen LogP contribution in [0, 0.1) is 0 Å². The van der Waals surface area contributed by atoms with E-state index in [1.807, 2.05) is 12.1 Å². The molecular formula is C20H18ClF3N4O2. The lowest BCUT2D eigenvalue weighted by Crippen LogP contribution is -2.37. The molecule has 30 heavy (non-hydrogen) atoms. The maximum Gasteiger partial charge on any atom is 0.433 e. The number of carbonyl (C=O) groups excluding carboxylic acids is 1. The SMILES string of the molecule is COC(=O)CCC1c2[nH]c3ccc(Cl)cc3c2CCN1c1nccc(C(F)(F)F)n1. The number of aromatic amines is 1. The molecule has 0 bridgehead atoms. The summed E-state index contributed by atoms with van der Waals surface area (Å²) in [6, 6.07) is 5.91. The first kappa shape index (κ1) is 20.5. The number of esters is 1. The van der Waals surface area contributed by atoms with Crippen LogP contribution in [0.15, 0.2) is 30.5 Å². The standard InChI is InChI=1S/C20H18ClF3N4O2/c1-30-17(29)5-4-15-18-12(13-10-11(21)2-3-14(13)26-18)7-9-28(15)19-25-8-6-16(27-19)20(22,23)24/h2-3,6,8,10,15,26H,4-5,7,9H2,1H3. The van der Waals surface area contributed by atoms with Crippen molar-refractivity contribution < 1.29 is 22.7 Å². The van der Waals surface area contributed by atoms with Crippen LogP contribution in [-0.2, 0) is 22.1 Å². The first-order valence-electron chi connectivity index (χ1n) is 9.31. The van der Waals surface area contributed by atoms with Crippen LogP contribution in [0.2, 0.25) is 5.02 Å². The van der Waals surface area contributed by atoms with Gasteiger partial charge in [-0.05, 0) is 42.7 Å². The molecule has 1 aliphatic rings. The second kappa shape index (κ2) is 7.79. The summed E-state index contributed by atoms with van der Waals surface area (Å²) in [5, 5.41) is 1.56. The zero-order valence-corrected chi connectivity index (χ0v) is 16.7. The van der Waals surface area contributed by atoms with Gasteiger partial charge in [0, 0.05) is 40.8 Å². The first-order valence-corrected chi connectivity index (χ1v) is 9.69. The lowest BCUT2D eigenvalue weighted by Gasteiger charge is -2.36. The molecule has 1 N–H and O–H groups in total. The number of nitrogens with one attached hydrogen (secondary N) is 1. The maximum absolute atomic E-state index is 13.2. The van der Waals surface area contributed by atoms with Gasteiger partial charge in [0.2, 0.25) is 5.95 Å². The van der Waals surface area contributed by atoms with Gasteiger partial charge in [0.1, 0.15) is 5.69 Å². The molecule has 0 spiro atoms. The number of H-pyrrole nitrogens is 1. The molecule has 2 aromatic heterocycles. The minimum absolute atomic E-state index is 0.0259. The van der Waals surface area contributed by atoms with E-state index in [0.717, 1.165) is 34.4 Å². The summed E-state index contributed by atoms with van der Waals surface area (Å²) < 4.78 is 44.2. The fourth-order valence-electron chi connectivity index (χ4n) is 3.88. The minimum atomic E-state index is -4.57. The number of anilines is 1. The molecule has 0 fully saturated rings. The van der Waals surface area contributed by atoms with Crippen LogP contribution in [0.1, 0.15) is 35.8 Å². The molecule has 158 valence electrons. The zero-order valence-electron chi connectivity index (χ0n) is 16.0. The Kier molecular flexibility index (Phi) is 5.31. The molecular weight excluding hydrogens is 421 g/mol. The number of aromatic nitrogens is 3. The average Bonchev–Trinajstić information content (AvgIpc) is 3.09. The third-order valence-electron chi connectivity index (χ3n) is 5.25. The van der Waals surface area contributed by atoms with Crippen molar-refractivity contribution in [2.75, 3.05) is 18.6 Å². The van der Waals surface area contributed by atoms with Gasteiger partial charge in [-0.25, -0.2) is 9.97 Å². The largest absolute Gasteiger partial charge is 0.469 e. The Morgan fingerprint density at radius 1 is 1.37 bits per heavy atom. The summed E-state index contributed by atoms with van der Waals surface area (Å²) in [7, 11) is 1.30. The molecule has 1 unspecified atom stereocenters. The first-order chi connectivity index (χ1) is 14.3. The van der Waals surface area contributed by atoms with E-state index in [1.54, 1.807) is 11.0 Å². The highest BCUT2D eigenvalue weighted by atomic mass is 35.5. The number of carbonyl (C=O) groups is 1. The molecule has 0 amide bonds. The summed E-state index contributed by atoms with van der Waals surface area (Å²) in [4.78, 5) is 24.6. The van der Waals surface area contributed by atoms with Crippen molar-refractivity contribution in [1.82, 2.24) is 15.0 Å². The van der Waals surface area contributed by atoms with Crippen molar-refractivity contribution in [3.05, 3.63) is 52.4 Å². The molecule has 0 saturated heterocycles. The Labute approximate surface area is 175 Å². The van der Waals surface area contributed by atoms with Crippen LogP contribution < -0.4 is 4.90 Å². The number of alkyl halides is 3. The third-order valence-corrected chi connectivity index (χ3v) is 5.49. The van der Waals surface area contributed by atoms with E-state index in [2.05, 4.69) is 15.0 Å². The summed E-state index contributed by atoms with van der Waals surface area (Å²) in [5.41, 5.74) is 1.72. The molecule has 4 rings (SSSR count). The predicted molar refractivity (Wildman–Crippen MR) is 105 cm³/mol. The van der Waals surface area contributed by atoms with Crippen molar-refractivity contribution in [2.45, 2.75) is 31.5 Å². The van der Waals surface area contributed by atoms with E-state index in [0.29, 0.717) is 24.4 Å². The number of methoxy groups -OCH3 is 1. The topological polar surface area (TPSA) is 71.1 Å². The van der Waals surface area contributed by atoms with Crippen molar-refractivity contribution in [3.63, 3.8) is 0 Å². The van der Waals surface area contributed by atoms with Gasteiger partial charge in [0.25, 0.3) is 0 Å². The van der Waals surface area contributed by atoms with Gasteiger partial charge < -0.3 is 14.6 Å². The smallest absolute Gasteiger partial charge is 0.433 e. The number of benzene rings is 1. The molecule has 6 nitrogen and oxygen atoms in total. The highest BCUT2D eigenvalue weighted by Crippen LogP contribution is 2.39. The van der Waals surface area contributed by atoms with Crippen LogP contribution in [-0.4, -0.2) is 34.6 Å². The van der Waals surface area contributed by atoms with E-state index < -0.39 is 23.9 Å². The normalized spacial score (nSPS) is 16.6. The second-order valence-corrected chi connectivity index (χ2v) is 7.46. The summed E-state index contributed by atoms with van der Waals surface area (Å²) in [6.07, 6.45) is -2.46. The van der Waals surface area contributed by atoms with Gasteiger partial charge in [0.05, 0.1) is 13.2 Å². The lowest BCUT2D eigenvalue weighted by molar-refractivity contribution is -0.141. The molecule has 3 aromatic rings. The molecule has 3 heterocycles. The van der Waals surface area contributed by atoms with Crippen molar-refractivity contribution in [2.24, 2.45) is 0 Å². The van der Waals surface area contributed by atoms with E-state index in [-0.39, 0.29) is 12.4 Å². The molecule has 0 aliphatic carbocycles. The molecule has 0 radical (unpaired) electrons. The van der Waals surface area contributed by atoms with Crippen molar-refractivity contribution >= 4 is 34.4 Å². The Morgan fingerprint density at radius 3 is 2.90 bits per heavy atom. The Morgan fingerprint density at radius 2 is 2.17 bits per heavy atom. The molecule has 10 heteroatoms. The number of ether oxygens (including phenoxy) is 1. The van der Waals surface area contributed by atoms with Gasteiger partial charge in [-0.15, -0.1) is 0 Å². The highest BCUT2D eigenvalue weighted by molar-refractivity contribution is 6.31. The van der Waals surface area contributed by atoms with E-state index >= 15 is 0 Å². The van der Waals surface area contributed by atoms with Crippen LogP contribution in [0.25, 0.3) is 10.9 Å². The fraction of sp³-hybridized carbons (Fsp3) is 0.350. The number of nitrogens with zero attached hydrogens (tertiary/aromatic N) is 3. The molecule has 0 saturated carbocycles. The lowest BCUT2D eigenvalue weighted by atomic mass is 9.94. The van der Waals surface area contributed by atoms with Gasteiger partial charge in [-0.3, -0.25) is 4.79 Å². The van der Waals surface area contributed by atoms with Crippen LogP contribution in [0.5, 0.6) is 0 Å². The van der Waals surface area contributed by atoms with Crippen LogP contribution in [0.3, 0.4) is 0 Å². The predicted octanol–water partition coefficient (Wildman–Crippen LogP) is 4.69. The number of hydrogen-bond donors (Lipinski definition) is 1. The maximum atomic E-state index is 13.2. The minimum Gasteiger partial charge on any atom is -0.469 e. The van der Waals surface area contributed by atoms with Gasteiger partial charge in [0.15, 0.2) is 0 Å². The highest BCUT2D eigenvalue weighted by Gasteiger charge is 2.36. The average molecular weight is 439 g/mol. The van der Waals surface area contributed by atoms with Crippen molar-refractivity contribution in [3.8, 4) is 0 Å². The second-order valence-electron chi connectivity index (χ2n) is 7.02. The Balaban J connectivity index is 1.77. The monoisotopic (exact) mass is 438 g/mol. The summed E-state index contributed by atoms with van der Waals surface area (Å²) in [6.45, 7) is 0.402. The van der Waals surface area contributed by atoms with Gasteiger partial charge in [-0.1, -0.05) is 11.6 Å². The fourth-order valence-corrected chi connectivity index (χ4v) is 4.05. The number of hydrogen-bond acceptors (Lipinski definition) is 5. The Bertz CT molecular complexity index is 1100. The van der Waals surface area contributed by atoms with E-state index in [4.69, 9.17) is 16.3 Å². The summed E-state index contributed by atoms with van der Waals surface area (Å²) >= 11 is 6.15. The van der Waals surface area contributed by atoms with Crippen molar-refractivity contribution in [1.29, 1.82) is 0 Å².